The quantitative estimate of drug-likeness (QED) is 0.680. The van der Waals surface area contributed by atoms with Gasteiger partial charge in [-0.3, -0.25) is 4.79 Å². The highest BCUT2D eigenvalue weighted by Gasteiger charge is 2.34. The number of hydrogen-bond acceptors (Lipinski definition) is 4. The molecular weight excluding hydrogens is 372 g/mol. The van der Waals surface area contributed by atoms with Gasteiger partial charge in [-0.05, 0) is 36.5 Å². The van der Waals surface area contributed by atoms with Crippen LogP contribution in [0.1, 0.15) is 31.2 Å². The third-order valence-corrected chi connectivity index (χ3v) is 6.43. The zero-order chi connectivity index (χ0) is 20.7. The molecule has 2 heterocycles. The predicted octanol–water partition coefficient (Wildman–Crippen LogP) is 4.53. The molecule has 1 aliphatic carbocycles. The molecule has 152 valence electrons. The number of fused-ring (bicyclic) bond motifs is 1. The van der Waals surface area contributed by atoms with E-state index in [0.717, 1.165) is 46.7 Å². The molecule has 2 aliphatic rings. The minimum Gasteiger partial charge on any atom is -0.368 e. The van der Waals surface area contributed by atoms with Crippen molar-refractivity contribution in [2.24, 2.45) is 5.73 Å². The Kier molecular flexibility index (Phi) is 4.55. The molecule has 0 radical (unpaired) electrons. The lowest BCUT2D eigenvalue weighted by Crippen LogP contribution is -2.43. The van der Waals surface area contributed by atoms with Crippen molar-refractivity contribution in [1.29, 1.82) is 0 Å². The fourth-order valence-electron chi connectivity index (χ4n) is 4.34. The van der Waals surface area contributed by atoms with Crippen LogP contribution < -0.4 is 16.0 Å². The van der Waals surface area contributed by atoms with Crippen molar-refractivity contribution >= 4 is 17.4 Å². The highest BCUT2D eigenvalue weighted by Crippen LogP contribution is 2.41. The molecule has 0 saturated heterocycles. The number of aromatic nitrogens is 1. The molecule has 1 aliphatic heterocycles. The van der Waals surface area contributed by atoms with Crippen molar-refractivity contribution in [3.05, 3.63) is 66.2 Å². The lowest BCUT2D eigenvalue weighted by molar-refractivity contribution is -0.118. The summed E-state index contributed by atoms with van der Waals surface area (Å²) in [5, 5.41) is 3.34. The zero-order valence-corrected chi connectivity index (χ0v) is 17.2. The maximum absolute atomic E-state index is 12.4. The highest BCUT2D eigenvalue weighted by atomic mass is 16.2. The molecule has 30 heavy (non-hydrogen) atoms. The second-order valence-electron chi connectivity index (χ2n) is 8.33. The Morgan fingerprint density at radius 1 is 1.03 bits per heavy atom. The lowest BCUT2D eigenvalue weighted by atomic mass is 9.72. The summed E-state index contributed by atoms with van der Waals surface area (Å²) < 4.78 is 0. The molecule has 5 heteroatoms. The van der Waals surface area contributed by atoms with E-state index >= 15 is 0 Å². The monoisotopic (exact) mass is 398 g/mol. The van der Waals surface area contributed by atoms with Crippen LogP contribution in [0.15, 0.2) is 60.7 Å². The first-order chi connectivity index (χ1) is 14.5. The second kappa shape index (κ2) is 7.26. The highest BCUT2D eigenvalue weighted by molar-refractivity contribution is 5.99. The summed E-state index contributed by atoms with van der Waals surface area (Å²) in [4.78, 5) is 19.1. The standard InChI is InChI=1S/C25H26N4O/c1-29-21-16-20(17-6-3-2-4-7-17)23(28-24(21)27-15-12-22(29)30)18-8-10-19(11-9-18)25(26)13-5-14-25/h2-4,6-11,16H,5,12-15,26H2,1H3,(H,27,28). The number of hydrogen-bond donors (Lipinski definition) is 2. The van der Waals surface area contributed by atoms with Gasteiger partial charge in [0.2, 0.25) is 5.91 Å². The van der Waals surface area contributed by atoms with Crippen molar-refractivity contribution in [3.8, 4) is 22.4 Å². The number of rotatable bonds is 3. The van der Waals surface area contributed by atoms with E-state index in [-0.39, 0.29) is 11.4 Å². The van der Waals surface area contributed by atoms with Gasteiger partial charge in [0, 0.05) is 36.7 Å². The van der Waals surface area contributed by atoms with E-state index in [2.05, 4.69) is 47.8 Å². The van der Waals surface area contributed by atoms with Crippen LogP contribution in [0.5, 0.6) is 0 Å². The molecule has 2 aromatic carbocycles. The first kappa shape index (κ1) is 18.8. The predicted molar refractivity (Wildman–Crippen MR) is 121 cm³/mol. The number of nitrogens with two attached hydrogens (primary N) is 1. The van der Waals surface area contributed by atoms with Crippen LogP contribution in [0.4, 0.5) is 11.5 Å². The molecule has 0 unspecified atom stereocenters. The van der Waals surface area contributed by atoms with E-state index in [4.69, 9.17) is 10.7 Å². The first-order valence-corrected chi connectivity index (χ1v) is 10.6. The summed E-state index contributed by atoms with van der Waals surface area (Å²) in [5.74, 6) is 0.837. The number of pyridine rings is 1. The third kappa shape index (κ3) is 3.15. The second-order valence-corrected chi connectivity index (χ2v) is 8.33. The van der Waals surface area contributed by atoms with Gasteiger partial charge in [0.1, 0.15) is 0 Å². The average molecular weight is 399 g/mol. The molecule has 1 saturated carbocycles. The summed E-state index contributed by atoms with van der Waals surface area (Å²) in [7, 11) is 1.82. The number of anilines is 2. The van der Waals surface area contributed by atoms with Gasteiger partial charge in [-0.15, -0.1) is 0 Å². The molecule has 0 bridgehead atoms. The average Bonchev–Trinajstić information content (AvgIpc) is 2.90. The Hall–Kier alpha value is -3.18. The maximum atomic E-state index is 12.4. The molecule has 5 rings (SSSR count). The van der Waals surface area contributed by atoms with Crippen molar-refractivity contribution in [3.63, 3.8) is 0 Å². The Morgan fingerprint density at radius 3 is 2.43 bits per heavy atom. The number of carbonyl (C=O) groups is 1. The number of nitrogens with one attached hydrogen (secondary N) is 1. The molecule has 1 fully saturated rings. The van der Waals surface area contributed by atoms with E-state index in [1.807, 2.05) is 25.2 Å². The van der Waals surface area contributed by atoms with Gasteiger partial charge in [0.05, 0.1) is 11.4 Å². The summed E-state index contributed by atoms with van der Waals surface area (Å²) in [6.45, 7) is 0.585. The van der Waals surface area contributed by atoms with Gasteiger partial charge < -0.3 is 16.0 Å². The topological polar surface area (TPSA) is 71.2 Å². The SMILES string of the molecule is CN1C(=O)CCNc2nc(-c3ccc(C4(N)CCC4)cc3)c(-c3ccccc3)cc21. The number of carbonyl (C=O) groups excluding carboxylic acids is 1. The number of nitrogens with zero attached hydrogens (tertiary/aromatic N) is 2. The van der Waals surface area contributed by atoms with Gasteiger partial charge >= 0.3 is 0 Å². The van der Waals surface area contributed by atoms with Crippen LogP contribution >= 0.6 is 0 Å². The summed E-state index contributed by atoms with van der Waals surface area (Å²) in [6, 6.07) is 20.8. The number of benzene rings is 2. The van der Waals surface area contributed by atoms with E-state index in [9.17, 15) is 4.79 Å². The van der Waals surface area contributed by atoms with Crippen LogP contribution in [0.3, 0.4) is 0 Å². The Morgan fingerprint density at radius 2 is 1.77 bits per heavy atom. The summed E-state index contributed by atoms with van der Waals surface area (Å²) in [6.07, 6.45) is 3.74. The lowest BCUT2D eigenvalue weighted by Gasteiger charge is -2.38. The smallest absolute Gasteiger partial charge is 0.228 e. The normalized spacial score (nSPS) is 17.5. The van der Waals surface area contributed by atoms with Crippen LogP contribution in [0.25, 0.3) is 22.4 Å². The molecule has 3 aromatic rings. The van der Waals surface area contributed by atoms with Gasteiger partial charge in [0.25, 0.3) is 0 Å². The minimum atomic E-state index is -0.174. The van der Waals surface area contributed by atoms with Gasteiger partial charge in [0.15, 0.2) is 5.82 Å². The van der Waals surface area contributed by atoms with E-state index in [0.29, 0.717) is 13.0 Å². The Balaban J connectivity index is 1.65. The van der Waals surface area contributed by atoms with E-state index in [1.165, 1.54) is 12.0 Å². The molecule has 0 atom stereocenters. The van der Waals surface area contributed by atoms with Crippen molar-refractivity contribution in [2.45, 2.75) is 31.2 Å². The van der Waals surface area contributed by atoms with Gasteiger partial charge in [-0.1, -0.05) is 54.6 Å². The Bertz CT molecular complexity index is 1090. The van der Waals surface area contributed by atoms with E-state index < -0.39 is 0 Å². The molecule has 1 amide bonds. The number of amides is 1. The van der Waals surface area contributed by atoms with Crippen LogP contribution in [-0.2, 0) is 10.3 Å². The van der Waals surface area contributed by atoms with Crippen molar-refractivity contribution in [1.82, 2.24) is 4.98 Å². The largest absolute Gasteiger partial charge is 0.368 e. The van der Waals surface area contributed by atoms with Gasteiger partial charge in [-0.25, -0.2) is 4.98 Å². The van der Waals surface area contributed by atoms with Crippen LogP contribution in [0.2, 0.25) is 0 Å². The van der Waals surface area contributed by atoms with Gasteiger partial charge in [-0.2, -0.15) is 0 Å². The van der Waals surface area contributed by atoms with Crippen LogP contribution in [0, 0.1) is 0 Å². The molecule has 1 aromatic heterocycles. The fraction of sp³-hybridized carbons (Fsp3) is 0.280. The minimum absolute atomic E-state index is 0.0907. The fourth-order valence-corrected chi connectivity index (χ4v) is 4.34. The zero-order valence-electron chi connectivity index (χ0n) is 17.2. The Labute approximate surface area is 176 Å². The van der Waals surface area contributed by atoms with Crippen molar-refractivity contribution < 1.29 is 4.79 Å². The van der Waals surface area contributed by atoms with Crippen molar-refractivity contribution in [2.75, 3.05) is 23.8 Å². The molecule has 5 nitrogen and oxygen atoms in total. The third-order valence-electron chi connectivity index (χ3n) is 6.43. The summed E-state index contributed by atoms with van der Waals surface area (Å²) in [5.41, 5.74) is 12.4. The molecular formula is C25H26N4O. The summed E-state index contributed by atoms with van der Waals surface area (Å²) >= 11 is 0. The molecule has 3 N–H and O–H groups in total. The first-order valence-electron chi connectivity index (χ1n) is 10.6. The molecule has 0 spiro atoms. The van der Waals surface area contributed by atoms with E-state index in [1.54, 1.807) is 4.90 Å². The van der Waals surface area contributed by atoms with Crippen LogP contribution in [-0.4, -0.2) is 24.5 Å². The maximum Gasteiger partial charge on any atom is 0.228 e.